The Bertz CT molecular complexity index is 224. The molecular formula is C13H25NO2. The fourth-order valence-electron chi connectivity index (χ4n) is 3.49. The second-order valence-electron chi connectivity index (χ2n) is 5.43. The van der Waals surface area contributed by atoms with E-state index >= 15 is 0 Å². The van der Waals surface area contributed by atoms with E-state index in [9.17, 15) is 5.11 Å². The van der Waals surface area contributed by atoms with Crippen LogP contribution in [-0.4, -0.2) is 36.5 Å². The molecular weight excluding hydrogens is 202 g/mol. The summed E-state index contributed by atoms with van der Waals surface area (Å²) in [4.78, 5) is 0. The zero-order chi connectivity index (χ0) is 11.6. The van der Waals surface area contributed by atoms with Gasteiger partial charge in [0.1, 0.15) is 0 Å². The summed E-state index contributed by atoms with van der Waals surface area (Å²) in [7, 11) is 0. The van der Waals surface area contributed by atoms with Gasteiger partial charge in [-0.15, -0.1) is 0 Å². The molecule has 2 N–H and O–H groups in total. The van der Waals surface area contributed by atoms with Crippen molar-refractivity contribution in [3.05, 3.63) is 0 Å². The minimum atomic E-state index is -0.246. The van der Waals surface area contributed by atoms with E-state index in [0.717, 1.165) is 13.0 Å². The minimum Gasteiger partial charge on any atom is -0.392 e. The van der Waals surface area contributed by atoms with Crippen LogP contribution in [0.25, 0.3) is 0 Å². The summed E-state index contributed by atoms with van der Waals surface area (Å²) in [5.41, 5.74) is 0.394. The van der Waals surface area contributed by atoms with Gasteiger partial charge in [0.15, 0.2) is 0 Å². The molecule has 1 spiro atoms. The molecule has 3 atom stereocenters. The van der Waals surface area contributed by atoms with Gasteiger partial charge in [-0.3, -0.25) is 0 Å². The Morgan fingerprint density at radius 1 is 1.44 bits per heavy atom. The molecule has 2 saturated carbocycles. The molecule has 0 aromatic rings. The number of aliphatic hydroxyl groups excluding tert-OH is 1. The van der Waals surface area contributed by atoms with Gasteiger partial charge in [0.05, 0.1) is 12.2 Å². The Morgan fingerprint density at radius 3 is 2.69 bits per heavy atom. The first-order valence-electron chi connectivity index (χ1n) is 6.72. The molecule has 2 aliphatic carbocycles. The number of rotatable bonds is 5. The van der Waals surface area contributed by atoms with Crippen molar-refractivity contribution in [2.75, 3.05) is 13.2 Å². The molecule has 3 nitrogen and oxygen atoms in total. The highest BCUT2D eigenvalue weighted by Crippen LogP contribution is 2.54. The summed E-state index contributed by atoms with van der Waals surface area (Å²) in [5.74, 6) is 0. The van der Waals surface area contributed by atoms with Crippen LogP contribution in [0.3, 0.4) is 0 Å². The fourth-order valence-corrected chi connectivity index (χ4v) is 3.49. The highest BCUT2D eigenvalue weighted by atomic mass is 16.5. The van der Waals surface area contributed by atoms with Crippen molar-refractivity contribution in [2.45, 2.75) is 64.2 Å². The molecule has 0 heterocycles. The van der Waals surface area contributed by atoms with Crippen molar-refractivity contribution >= 4 is 0 Å². The number of hydrogen-bond donors (Lipinski definition) is 2. The maximum absolute atomic E-state index is 9.33. The predicted molar refractivity (Wildman–Crippen MR) is 64.4 cm³/mol. The molecule has 3 heteroatoms. The number of aliphatic hydroxyl groups is 1. The Hall–Kier alpha value is -0.120. The second kappa shape index (κ2) is 5.03. The van der Waals surface area contributed by atoms with Gasteiger partial charge in [-0.05, 0) is 33.1 Å². The monoisotopic (exact) mass is 227 g/mol. The molecule has 2 unspecified atom stereocenters. The Morgan fingerprint density at radius 2 is 2.12 bits per heavy atom. The molecule has 0 bridgehead atoms. The molecule has 0 aromatic heterocycles. The third-order valence-electron chi connectivity index (χ3n) is 4.35. The van der Waals surface area contributed by atoms with E-state index in [2.05, 4.69) is 12.2 Å². The van der Waals surface area contributed by atoms with Crippen molar-refractivity contribution in [3.63, 3.8) is 0 Å². The zero-order valence-electron chi connectivity index (χ0n) is 10.5. The normalized spacial score (nSPS) is 33.9. The van der Waals surface area contributed by atoms with Gasteiger partial charge in [0.2, 0.25) is 0 Å². The van der Waals surface area contributed by atoms with Crippen LogP contribution in [-0.2, 0) is 4.74 Å². The highest BCUT2D eigenvalue weighted by molar-refractivity contribution is 5.09. The third kappa shape index (κ3) is 2.13. The first-order chi connectivity index (χ1) is 7.69. The van der Waals surface area contributed by atoms with Crippen molar-refractivity contribution in [2.24, 2.45) is 5.41 Å². The highest BCUT2D eigenvalue weighted by Gasteiger charge is 2.56. The Balaban J connectivity index is 1.90. The van der Waals surface area contributed by atoms with Gasteiger partial charge >= 0.3 is 0 Å². The van der Waals surface area contributed by atoms with Crippen molar-refractivity contribution < 1.29 is 9.84 Å². The molecule has 2 fully saturated rings. The maximum atomic E-state index is 9.33. The molecule has 2 aliphatic rings. The largest absolute Gasteiger partial charge is 0.392 e. The van der Waals surface area contributed by atoms with Crippen LogP contribution in [0.5, 0.6) is 0 Å². The third-order valence-corrected chi connectivity index (χ3v) is 4.35. The van der Waals surface area contributed by atoms with Gasteiger partial charge in [-0.25, -0.2) is 0 Å². The van der Waals surface area contributed by atoms with Crippen LogP contribution in [0, 0.1) is 5.41 Å². The smallest absolute Gasteiger partial charge is 0.0661 e. The summed E-state index contributed by atoms with van der Waals surface area (Å²) in [6, 6.07) is 0.571. The zero-order valence-corrected chi connectivity index (χ0v) is 10.5. The van der Waals surface area contributed by atoms with E-state index in [1.54, 1.807) is 0 Å². The molecule has 0 aromatic carbocycles. The van der Waals surface area contributed by atoms with E-state index in [1.165, 1.54) is 25.7 Å². The van der Waals surface area contributed by atoms with E-state index in [4.69, 9.17) is 4.74 Å². The van der Waals surface area contributed by atoms with Crippen molar-refractivity contribution in [1.82, 2.24) is 5.32 Å². The molecule has 16 heavy (non-hydrogen) atoms. The molecule has 0 amide bonds. The lowest BCUT2D eigenvalue weighted by Gasteiger charge is -2.54. The predicted octanol–water partition coefficient (Wildman–Crippen LogP) is 1.69. The van der Waals surface area contributed by atoms with E-state index in [0.29, 0.717) is 24.1 Å². The Labute approximate surface area is 98.6 Å². The van der Waals surface area contributed by atoms with Gasteiger partial charge in [-0.2, -0.15) is 0 Å². The lowest BCUT2D eigenvalue weighted by molar-refractivity contribution is -0.131. The van der Waals surface area contributed by atoms with Crippen LogP contribution >= 0.6 is 0 Å². The van der Waals surface area contributed by atoms with Gasteiger partial charge < -0.3 is 15.2 Å². The summed E-state index contributed by atoms with van der Waals surface area (Å²) in [6.45, 7) is 5.47. The van der Waals surface area contributed by atoms with Crippen molar-refractivity contribution in [3.8, 4) is 0 Å². The average Bonchev–Trinajstić information content (AvgIpc) is 2.73. The molecule has 0 aliphatic heterocycles. The van der Waals surface area contributed by atoms with Gasteiger partial charge in [0, 0.05) is 24.6 Å². The SMILES string of the molecule is CCOC1CC(NC[C@H](C)O)C12CCCC2. The van der Waals surface area contributed by atoms with Crippen LogP contribution in [0.1, 0.15) is 46.0 Å². The summed E-state index contributed by atoms with van der Waals surface area (Å²) >= 11 is 0. The number of hydrogen-bond acceptors (Lipinski definition) is 3. The Kier molecular flexibility index (Phi) is 3.88. The van der Waals surface area contributed by atoms with E-state index in [1.807, 2.05) is 6.92 Å². The molecule has 0 radical (unpaired) electrons. The van der Waals surface area contributed by atoms with E-state index in [-0.39, 0.29) is 6.10 Å². The fraction of sp³-hybridized carbons (Fsp3) is 1.00. The molecule has 0 saturated heterocycles. The number of ether oxygens (including phenoxy) is 1. The lowest BCUT2D eigenvalue weighted by Crippen LogP contribution is -2.63. The maximum Gasteiger partial charge on any atom is 0.0661 e. The molecule has 94 valence electrons. The topological polar surface area (TPSA) is 41.5 Å². The van der Waals surface area contributed by atoms with Crippen LogP contribution < -0.4 is 5.32 Å². The van der Waals surface area contributed by atoms with Crippen molar-refractivity contribution in [1.29, 1.82) is 0 Å². The first-order valence-corrected chi connectivity index (χ1v) is 6.72. The molecule has 2 rings (SSSR count). The summed E-state index contributed by atoms with van der Waals surface area (Å²) in [5, 5.41) is 12.8. The summed E-state index contributed by atoms with van der Waals surface area (Å²) in [6.07, 6.45) is 6.63. The average molecular weight is 227 g/mol. The van der Waals surface area contributed by atoms with Gasteiger partial charge in [0.25, 0.3) is 0 Å². The minimum absolute atomic E-state index is 0.246. The van der Waals surface area contributed by atoms with Crippen LogP contribution in [0.2, 0.25) is 0 Å². The lowest BCUT2D eigenvalue weighted by atomic mass is 9.60. The quantitative estimate of drug-likeness (QED) is 0.751. The number of nitrogens with one attached hydrogen (secondary N) is 1. The van der Waals surface area contributed by atoms with E-state index < -0.39 is 0 Å². The van der Waals surface area contributed by atoms with Gasteiger partial charge in [-0.1, -0.05) is 12.8 Å². The second-order valence-corrected chi connectivity index (χ2v) is 5.43. The standard InChI is InChI=1S/C13H25NO2/c1-3-16-12-8-11(14-9-10(2)15)13(12)6-4-5-7-13/h10-12,14-15H,3-9H2,1-2H3/t10-,11?,12?/m0/s1. The summed E-state index contributed by atoms with van der Waals surface area (Å²) < 4.78 is 5.85. The first kappa shape index (κ1) is 12.3. The van der Waals surface area contributed by atoms with Crippen LogP contribution in [0.15, 0.2) is 0 Å². The van der Waals surface area contributed by atoms with Crippen LogP contribution in [0.4, 0.5) is 0 Å².